The SMILES string of the molecule is CCOCCN(CCOCC)C1CC(C)CCC1CN. The highest BCUT2D eigenvalue weighted by atomic mass is 16.5. The smallest absolute Gasteiger partial charge is 0.0593 e. The van der Waals surface area contributed by atoms with Crippen molar-refractivity contribution in [1.29, 1.82) is 0 Å². The van der Waals surface area contributed by atoms with Crippen LogP contribution in [0.5, 0.6) is 0 Å². The van der Waals surface area contributed by atoms with Crippen molar-refractivity contribution < 1.29 is 9.47 Å². The van der Waals surface area contributed by atoms with Gasteiger partial charge >= 0.3 is 0 Å². The highest BCUT2D eigenvalue weighted by Crippen LogP contribution is 2.31. The molecule has 2 N–H and O–H groups in total. The molecule has 0 aromatic carbocycles. The van der Waals surface area contributed by atoms with Gasteiger partial charge in [0.25, 0.3) is 0 Å². The summed E-state index contributed by atoms with van der Waals surface area (Å²) >= 11 is 0. The molecule has 0 radical (unpaired) electrons. The Balaban J connectivity index is 2.56. The monoisotopic (exact) mass is 286 g/mol. The fraction of sp³-hybridized carbons (Fsp3) is 1.00. The highest BCUT2D eigenvalue weighted by Gasteiger charge is 2.31. The average Bonchev–Trinajstić information content (AvgIpc) is 2.46. The van der Waals surface area contributed by atoms with Gasteiger partial charge in [0.05, 0.1) is 13.2 Å². The number of nitrogens with two attached hydrogens (primary N) is 1. The average molecular weight is 286 g/mol. The summed E-state index contributed by atoms with van der Waals surface area (Å²) in [5.74, 6) is 1.44. The fourth-order valence-electron chi connectivity index (χ4n) is 3.23. The van der Waals surface area contributed by atoms with Gasteiger partial charge < -0.3 is 15.2 Å². The molecule has 0 aliphatic heterocycles. The Bertz CT molecular complexity index is 229. The van der Waals surface area contributed by atoms with Gasteiger partial charge in [-0.15, -0.1) is 0 Å². The molecule has 4 heteroatoms. The Morgan fingerprint density at radius 1 is 1.05 bits per heavy atom. The van der Waals surface area contributed by atoms with Crippen LogP contribution in [0.3, 0.4) is 0 Å². The Morgan fingerprint density at radius 3 is 2.15 bits per heavy atom. The van der Waals surface area contributed by atoms with E-state index in [1.807, 2.05) is 0 Å². The van der Waals surface area contributed by atoms with Crippen molar-refractivity contribution in [3.8, 4) is 0 Å². The number of hydrogen-bond donors (Lipinski definition) is 1. The molecular weight excluding hydrogens is 252 g/mol. The van der Waals surface area contributed by atoms with E-state index in [1.54, 1.807) is 0 Å². The summed E-state index contributed by atoms with van der Waals surface area (Å²) in [6, 6.07) is 0.602. The minimum Gasteiger partial charge on any atom is -0.380 e. The molecule has 1 rings (SSSR count). The molecule has 0 spiro atoms. The summed E-state index contributed by atoms with van der Waals surface area (Å²) in [4.78, 5) is 2.55. The first-order valence-electron chi connectivity index (χ1n) is 8.32. The molecule has 0 saturated heterocycles. The van der Waals surface area contributed by atoms with E-state index in [0.717, 1.165) is 52.0 Å². The Hall–Kier alpha value is -0.160. The van der Waals surface area contributed by atoms with Crippen molar-refractivity contribution >= 4 is 0 Å². The molecule has 0 aromatic heterocycles. The molecule has 3 atom stereocenters. The standard InChI is InChI=1S/C16H34N2O2/c1-4-19-10-8-18(9-11-20-5-2)16-12-14(3)6-7-15(16)13-17/h14-16H,4-13,17H2,1-3H3. The van der Waals surface area contributed by atoms with Crippen LogP contribution >= 0.6 is 0 Å². The third-order valence-electron chi connectivity index (χ3n) is 4.44. The van der Waals surface area contributed by atoms with E-state index >= 15 is 0 Å². The first kappa shape index (κ1) is 17.9. The van der Waals surface area contributed by atoms with Crippen molar-refractivity contribution in [3.63, 3.8) is 0 Å². The van der Waals surface area contributed by atoms with Crippen LogP contribution in [0, 0.1) is 11.8 Å². The van der Waals surface area contributed by atoms with Gasteiger partial charge in [0.1, 0.15) is 0 Å². The summed E-state index contributed by atoms with van der Waals surface area (Å²) in [7, 11) is 0. The summed E-state index contributed by atoms with van der Waals surface area (Å²) in [5.41, 5.74) is 6.00. The van der Waals surface area contributed by atoms with Crippen LogP contribution in [0.2, 0.25) is 0 Å². The van der Waals surface area contributed by atoms with E-state index in [1.165, 1.54) is 19.3 Å². The van der Waals surface area contributed by atoms with Gasteiger partial charge in [0.2, 0.25) is 0 Å². The molecule has 1 fully saturated rings. The van der Waals surface area contributed by atoms with Gasteiger partial charge in [-0.3, -0.25) is 4.90 Å². The van der Waals surface area contributed by atoms with Crippen molar-refractivity contribution in [2.45, 2.75) is 46.1 Å². The lowest BCUT2D eigenvalue weighted by Gasteiger charge is -2.41. The van der Waals surface area contributed by atoms with Gasteiger partial charge in [-0.25, -0.2) is 0 Å². The minimum atomic E-state index is 0.602. The quantitative estimate of drug-likeness (QED) is 0.625. The largest absolute Gasteiger partial charge is 0.380 e. The third kappa shape index (κ3) is 6.08. The number of rotatable bonds is 10. The molecule has 120 valence electrons. The molecule has 0 bridgehead atoms. The second kappa shape index (κ2) is 10.6. The van der Waals surface area contributed by atoms with Crippen LogP contribution in [-0.2, 0) is 9.47 Å². The molecule has 1 saturated carbocycles. The topological polar surface area (TPSA) is 47.7 Å². The lowest BCUT2D eigenvalue weighted by molar-refractivity contribution is 0.0268. The molecule has 0 aromatic rings. The Morgan fingerprint density at radius 2 is 1.65 bits per heavy atom. The lowest BCUT2D eigenvalue weighted by atomic mass is 9.78. The molecule has 0 heterocycles. The summed E-state index contributed by atoms with van der Waals surface area (Å²) in [6.07, 6.45) is 3.85. The van der Waals surface area contributed by atoms with Gasteiger partial charge in [-0.2, -0.15) is 0 Å². The van der Waals surface area contributed by atoms with Crippen LogP contribution in [-0.4, -0.2) is 57.0 Å². The van der Waals surface area contributed by atoms with E-state index in [0.29, 0.717) is 12.0 Å². The number of nitrogens with zero attached hydrogens (tertiary/aromatic N) is 1. The lowest BCUT2D eigenvalue weighted by Crippen LogP contribution is -2.49. The predicted octanol–water partition coefficient (Wildman–Crippen LogP) is 2.12. The third-order valence-corrected chi connectivity index (χ3v) is 4.44. The second-order valence-corrected chi connectivity index (χ2v) is 5.91. The van der Waals surface area contributed by atoms with Crippen LogP contribution in [0.15, 0.2) is 0 Å². The van der Waals surface area contributed by atoms with Crippen molar-refractivity contribution in [3.05, 3.63) is 0 Å². The van der Waals surface area contributed by atoms with Crippen LogP contribution < -0.4 is 5.73 Å². The predicted molar refractivity (Wildman–Crippen MR) is 83.9 cm³/mol. The van der Waals surface area contributed by atoms with Crippen molar-refractivity contribution in [1.82, 2.24) is 4.90 Å². The van der Waals surface area contributed by atoms with E-state index in [2.05, 4.69) is 25.7 Å². The number of hydrogen-bond acceptors (Lipinski definition) is 4. The summed E-state index contributed by atoms with van der Waals surface area (Å²) in [6.45, 7) is 12.5. The maximum Gasteiger partial charge on any atom is 0.0593 e. The Kier molecular flexibility index (Phi) is 9.44. The van der Waals surface area contributed by atoms with Gasteiger partial charge in [0, 0.05) is 32.3 Å². The molecular formula is C16H34N2O2. The molecule has 1 aliphatic rings. The zero-order valence-corrected chi connectivity index (χ0v) is 13.6. The molecule has 0 amide bonds. The van der Waals surface area contributed by atoms with Crippen molar-refractivity contribution in [2.24, 2.45) is 17.6 Å². The second-order valence-electron chi connectivity index (χ2n) is 5.91. The van der Waals surface area contributed by atoms with Crippen molar-refractivity contribution in [2.75, 3.05) is 46.1 Å². The minimum absolute atomic E-state index is 0.602. The molecule has 1 aliphatic carbocycles. The Labute approximate surface area is 125 Å². The fourth-order valence-corrected chi connectivity index (χ4v) is 3.23. The van der Waals surface area contributed by atoms with Gasteiger partial charge in [-0.1, -0.05) is 13.3 Å². The molecule has 4 nitrogen and oxygen atoms in total. The van der Waals surface area contributed by atoms with E-state index in [4.69, 9.17) is 15.2 Å². The van der Waals surface area contributed by atoms with Crippen LogP contribution in [0.25, 0.3) is 0 Å². The highest BCUT2D eigenvalue weighted by molar-refractivity contribution is 4.86. The van der Waals surface area contributed by atoms with Gasteiger partial charge in [0.15, 0.2) is 0 Å². The normalized spacial score (nSPS) is 27.1. The van der Waals surface area contributed by atoms with Crippen LogP contribution in [0.4, 0.5) is 0 Å². The number of ether oxygens (including phenoxy) is 2. The molecule has 3 unspecified atom stereocenters. The first-order valence-corrected chi connectivity index (χ1v) is 8.32. The molecule has 20 heavy (non-hydrogen) atoms. The zero-order valence-electron chi connectivity index (χ0n) is 13.6. The summed E-state index contributed by atoms with van der Waals surface area (Å²) in [5, 5.41) is 0. The maximum absolute atomic E-state index is 6.00. The van der Waals surface area contributed by atoms with E-state index in [9.17, 15) is 0 Å². The van der Waals surface area contributed by atoms with E-state index < -0.39 is 0 Å². The van der Waals surface area contributed by atoms with Gasteiger partial charge in [-0.05, 0) is 45.1 Å². The zero-order chi connectivity index (χ0) is 14.8. The van der Waals surface area contributed by atoms with Crippen LogP contribution in [0.1, 0.15) is 40.0 Å². The van der Waals surface area contributed by atoms with E-state index in [-0.39, 0.29) is 0 Å². The first-order chi connectivity index (χ1) is 9.72. The maximum atomic E-state index is 6.00. The summed E-state index contributed by atoms with van der Waals surface area (Å²) < 4.78 is 11.1.